The molecule has 0 bridgehead atoms. The number of rotatable bonds is 4. The molecule has 1 saturated carbocycles. The minimum absolute atomic E-state index is 0.335. The highest BCUT2D eigenvalue weighted by Gasteiger charge is 2.35. The van der Waals surface area contributed by atoms with Crippen LogP contribution in [-0.4, -0.2) is 81.7 Å². The first-order chi connectivity index (χ1) is 12.1. The Morgan fingerprint density at radius 2 is 1.64 bits per heavy atom. The van der Waals surface area contributed by atoms with Gasteiger partial charge in [-0.15, -0.1) is 10.2 Å². The average Bonchev–Trinajstić information content (AvgIpc) is 3.42. The summed E-state index contributed by atoms with van der Waals surface area (Å²) in [7, 11) is 4.28. The molecule has 1 aromatic rings. The number of amides is 1. The number of piperidine rings is 1. The first-order valence-corrected chi connectivity index (χ1v) is 9.69. The van der Waals surface area contributed by atoms with Crippen LogP contribution in [0.15, 0.2) is 0 Å². The van der Waals surface area contributed by atoms with Gasteiger partial charge in [0.05, 0.1) is 6.54 Å². The van der Waals surface area contributed by atoms with Gasteiger partial charge in [0.1, 0.15) is 11.6 Å². The van der Waals surface area contributed by atoms with Gasteiger partial charge in [0.15, 0.2) is 0 Å². The van der Waals surface area contributed by atoms with Gasteiger partial charge in [-0.05, 0) is 32.7 Å². The van der Waals surface area contributed by atoms with Crippen LogP contribution in [-0.2, 0) is 18.4 Å². The molecule has 0 spiro atoms. The minimum atomic E-state index is 0.335. The van der Waals surface area contributed by atoms with Gasteiger partial charge in [0, 0.05) is 58.2 Å². The molecular formula is C18H30N6O. The van der Waals surface area contributed by atoms with E-state index in [1.165, 1.54) is 0 Å². The van der Waals surface area contributed by atoms with Crippen molar-refractivity contribution < 1.29 is 4.79 Å². The maximum Gasteiger partial charge on any atom is 0.225 e. The van der Waals surface area contributed by atoms with Gasteiger partial charge < -0.3 is 14.4 Å². The Hall–Kier alpha value is -1.47. The third-order valence-corrected chi connectivity index (χ3v) is 6.06. The number of piperazine rings is 1. The Labute approximate surface area is 150 Å². The SMILES string of the molecule is CN1CCN(Cc2nnc(C3CCN(C(=O)C4CC4)CC3)n2C)CC1. The lowest BCUT2D eigenvalue weighted by Gasteiger charge is -2.32. The summed E-state index contributed by atoms with van der Waals surface area (Å²) < 4.78 is 2.20. The highest BCUT2D eigenvalue weighted by atomic mass is 16.2. The van der Waals surface area contributed by atoms with Crippen molar-refractivity contribution in [2.24, 2.45) is 13.0 Å². The standard InChI is InChI=1S/C18H30N6O/c1-21-9-11-23(12-10-21)13-16-19-20-17(22(16)2)14-5-7-24(8-6-14)18(25)15-3-4-15/h14-15H,3-13H2,1-2H3. The molecule has 0 unspecified atom stereocenters. The van der Waals surface area contributed by atoms with Gasteiger partial charge in [-0.2, -0.15) is 0 Å². The molecule has 7 nitrogen and oxygen atoms in total. The molecule has 2 saturated heterocycles. The molecule has 1 amide bonds. The van der Waals surface area contributed by atoms with Crippen molar-refractivity contribution in [1.29, 1.82) is 0 Å². The number of nitrogens with zero attached hydrogens (tertiary/aromatic N) is 6. The van der Waals surface area contributed by atoms with E-state index in [4.69, 9.17) is 0 Å². The smallest absolute Gasteiger partial charge is 0.225 e. The fraction of sp³-hybridized carbons (Fsp3) is 0.833. The van der Waals surface area contributed by atoms with Crippen molar-refractivity contribution in [1.82, 2.24) is 29.5 Å². The van der Waals surface area contributed by atoms with E-state index in [9.17, 15) is 4.79 Å². The van der Waals surface area contributed by atoms with Crippen LogP contribution in [0.3, 0.4) is 0 Å². The monoisotopic (exact) mass is 346 g/mol. The Kier molecular flexibility index (Phi) is 4.78. The number of likely N-dealkylation sites (N-methyl/N-ethyl adjacent to an activating group) is 1. The zero-order valence-corrected chi connectivity index (χ0v) is 15.5. The summed E-state index contributed by atoms with van der Waals surface area (Å²) in [4.78, 5) is 19.1. The molecule has 25 heavy (non-hydrogen) atoms. The Morgan fingerprint density at radius 1 is 0.960 bits per heavy atom. The summed E-state index contributed by atoms with van der Waals surface area (Å²) in [5, 5.41) is 8.98. The largest absolute Gasteiger partial charge is 0.342 e. The van der Waals surface area contributed by atoms with Crippen molar-refractivity contribution in [3.8, 4) is 0 Å². The van der Waals surface area contributed by atoms with Gasteiger partial charge in [-0.25, -0.2) is 0 Å². The fourth-order valence-corrected chi connectivity index (χ4v) is 4.02. The number of hydrogen-bond donors (Lipinski definition) is 0. The maximum atomic E-state index is 12.2. The van der Waals surface area contributed by atoms with Gasteiger partial charge >= 0.3 is 0 Å². The van der Waals surface area contributed by atoms with E-state index in [1.807, 2.05) is 0 Å². The van der Waals surface area contributed by atoms with Crippen LogP contribution in [0.4, 0.5) is 0 Å². The first-order valence-electron chi connectivity index (χ1n) is 9.69. The van der Waals surface area contributed by atoms with E-state index in [-0.39, 0.29) is 0 Å². The molecule has 0 radical (unpaired) electrons. The second-order valence-corrected chi connectivity index (χ2v) is 7.99. The maximum absolute atomic E-state index is 12.2. The van der Waals surface area contributed by atoms with E-state index in [0.717, 1.165) is 83.1 Å². The van der Waals surface area contributed by atoms with Crippen molar-refractivity contribution in [3.63, 3.8) is 0 Å². The van der Waals surface area contributed by atoms with Crippen LogP contribution >= 0.6 is 0 Å². The fourth-order valence-electron chi connectivity index (χ4n) is 4.02. The molecule has 138 valence electrons. The average molecular weight is 346 g/mol. The van der Waals surface area contributed by atoms with Crippen LogP contribution in [0.5, 0.6) is 0 Å². The topological polar surface area (TPSA) is 57.5 Å². The summed E-state index contributed by atoms with van der Waals surface area (Å²) in [6.07, 6.45) is 4.22. The summed E-state index contributed by atoms with van der Waals surface area (Å²) >= 11 is 0. The molecule has 1 aromatic heterocycles. The molecule has 0 atom stereocenters. The van der Waals surface area contributed by atoms with Crippen LogP contribution in [0.2, 0.25) is 0 Å². The lowest BCUT2D eigenvalue weighted by atomic mass is 9.95. The van der Waals surface area contributed by atoms with E-state index in [1.54, 1.807) is 0 Å². The zero-order chi connectivity index (χ0) is 17.4. The van der Waals surface area contributed by atoms with Gasteiger partial charge in [-0.3, -0.25) is 9.69 Å². The zero-order valence-electron chi connectivity index (χ0n) is 15.5. The second kappa shape index (κ2) is 7.03. The summed E-state index contributed by atoms with van der Waals surface area (Å²) in [5.41, 5.74) is 0. The van der Waals surface area contributed by atoms with Crippen LogP contribution < -0.4 is 0 Å². The number of aromatic nitrogens is 3. The Balaban J connectivity index is 1.34. The molecule has 4 rings (SSSR count). The normalized spacial score (nSPS) is 24.0. The molecule has 3 heterocycles. The van der Waals surface area contributed by atoms with E-state index < -0.39 is 0 Å². The molecule has 7 heteroatoms. The second-order valence-electron chi connectivity index (χ2n) is 7.99. The first kappa shape index (κ1) is 17.0. The molecule has 2 aliphatic heterocycles. The molecule has 0 N–H and O–H groups in total. The Morgan fingerprint density at radius 3 is 2.28 bits per heavy atom. The van der Waals surface area contributed by atoms with Crippen molar-refractivity contribution in [3.05, 3.63) is 11.6 Å². The van der Waals surface area contributed by atoms with Gasteiger partial charge in [-0.1, -0.05) is 0 Å². The highest BCUT2D eigenvalue weighted by Crippen LogP contribution is 2.34. The third-order valence-electron chi connectivity index (χ3n) is 6.06. The number of likely N-dealkylation sites (tertiary alicyclic amines) is 1. The van der Waals surface area contributed by atoms with Crippen molar-refractivity contribution in [2.75, 3.05) is 46.3 Å². The van der Waals surface area contributed by atoms with Crippen molar-refractivity contribution in [2.45, 2.75) is 38.1 Å². The lowest BCUT2D eigenvalue weighted by Crippen LogP contribution is -2.44. The highest BCUT2D eigenvalue weighted by molar-refractivity contribution is 5.81. The Bertz CT molecular complexity index is 609. The third kappa shape index (κ3) is 3.72. The summed E-state index contributed by atoms with van der Waals surface area (Å²) in [6.45, 7) is 7.08. The van der Waals surface area contributed by atoms with Crippen LogP contribution in [0.25, 0.3) is 0 Å². The van der Waals surface area contributed by atoms with Gasteiger partial charge in [0.2, 0.25) is 5.91 Å². The predicted molar refractivity (Wildman–Crippen MR) is 95.1 cm³/mol. The number of carbonyl (C=O) groups is 1. The number of hydrogen-bond acceptors (Lipinski definition) is 5. The minimum Gasteiger partial charge on any atom is -0.342 e. The van der Waals surface area contributed by atoms with Crippen molar-refractivity contribution >= 4 is 5.91 Å². The lowest BCUT2D eigenvalue weighted by molar-refractivity contribution is -0.133. The molecule has 3 fully saturated rings. The molecular weight excluding hydrogens is 316 g/mol. The molecule has 3 aliphatic rings. The van der Waals surface area contributed by atoms with Crippen LogP contribution in [0, 0.1) is 5.92 Å². The van der Waals surface area contributed by atoms with Gasteiger partial charge in [0.25, 0.3) is 0 Å². The van der Waals surface area contributed by atoms with E-state index in [2.05, 4.69) is 43.6 Å². The van der Waals surface area contributed by atoms with Crippen LogP contribution in [0.1, 0.15) is 43.3 Å². The summed E-state index contributed by atoms with van der Waals surface area (Å²) in [5.74, 6) is 3.31. The molecule has 1 aliphatic carbocycles. The van der Waals surface area contributed by atoms with E-state index >= 15 is 0 Å². The van der Waals surface area contributed by atoms with E-state index in [0.29, 0.717) is 17.7 Å². The predicted octanol–water partition coefficient (Wildman–Crippen LogP) is 0.679. The number of carbonyl (C=O) groups excluding carboxylic acids is 1. The quantitative estimate of drug-likeness (QED) is 0.802. The molecule has 0 aromatic carbocycles. The summed E-state index contributed by atoms with van der Waals surface area (Å²) in [6, 6.07) is 0.